The molecule has 38 heavy (non-hydrogen) atoms. The maximum Gasteiger partial charge on any atom is 0.257 e. The highest BCUT2D eigenvalue weighted by atomic mass is 32.1. The summed E-state index contributed by atoms with van der Waals surface area (Å²) in [6.45, 7) is 2.17. The van der Waals surface area contributed by atoms with E-state index in [1.807, 2.05) is 53.5 Å². The first-order chi connectivity index (χ1) is 18.5. The van der Waals surface area contributed by atoms with E-state index in [-0.39, 0.29) is 5.91 Å². The number of methoxy groups -OCH3 is 1. The number of likely N-dealkylation sites (N-methyl/N-ethyl adjacent to an activating group) is 1. The molecule has 0 unspecified atom stereocenters. The van der Waals surface area contributed by atoms with E-state index < -0.39 is 0 Å². The number of amides is 1. The molecule has 1 N–H and O–H groups in total. The van der Waals surface area contributed by atoms with Crippen LogP contribution in [0.5, 0.6) is 0 Å². The summed E-state index contributed by atoms with van der Waals surface area (Å²) < 4.78 is 7.06. The Kier molecular flexibility index (Phi) is 7.94. The summed E-state index contributed by atoms with van der Waals surface area (Å²) in [6, 6.07) is 17.6. The Bertz CT molecular complexity index is 1450. The molecule has 9 heteroatoms. The number of rotatable bonds is 9. The Morgan fingerprint density at radius 2 is 2.11 bits per heavy atom. The Balaban J connectivity index is 1.22. The van der Waals surface area contributed by atoms with E-state index in [4.69, 9.17) is 15.0 Å². The van der Waals surface area contributed by atoms with Crippen molar-refractivity contribution in [1.29, 1.82) is 5.26 Å². The summed E-state index contributed by atoms with van der Waals surface area (Å²) in [5, 5.41) is 17.1. The van der Waals surface area contributed by atoms with Crippen LogP contribution >= 0.6 is 11.3 Å². The number of hydrogen-bond acceptors (Lipinski definition) is 7. The molecule has 4 aromatic rings. The number of nitrogens with zero attached hydrogens (tertiary/aromatic N) is 5. The maximum atomic E-state index is 13.1. The molecule has 8 nitrogen and oxygen atoms in total. The third-order valence-electron chi connectivity index (χ3n) is 6.92. The largest absolute Gasteiger partial charge is 0.383 e. The molecule has 0 radical (unpaired) electrons. The van der Waals surface area contributed by atoms with Gasteiger partial charge in [0.05, 0.1) is 36.7 Å². The van der Waals surface area contributed by atoms with E-state index in [9.17, 15) is 4.79 Å². The topological polar surface area (TPSA) is 96.1 Å². The van der Waals surface area contributed by atoms with Gasteiger partial charge in [0.25, 0.3) is 5.91 Å². The Morgan fingerprint density at radius 1 is 1.26 bits per heavy atom. The molecule has 2 aromatic carbocycles. The molecular weight excluding hydrogens is 496 g/mol. The summed E-state index contributed by atoms with van der Waals surface area (Å²) in [6.07, 6.45) is 6.71. The van der Waals surface area contributed by atoms with Gasteiger partial charge in [-0.15, -0.1) is 11.3 Å². The second kappa shape index (κ2) is 11.7. The monoisotopic (exact) mass is 526 g/mol. The van der Waals surface area contributed by atoms with Gasteiger partial charge in [-0.3, -0.25) is 14.8 Å². The van der Waals surface area contributed by atoms with Gasteiger partial charge < -0.3 is 9.64 Å². The number of carbonyl (C=O) groups excluding carboxylic acids is 1. The highest BCUT2D eigenvalue weighted by molar-refractivity contribution is 7.15. The smallest absolute Gasteiger partial charge is 0.257 e. The molecule has 5 rings (SSSR count). The minimum atomic E-state index is -0.162. The van der Waals surface area contributed by atoms with E-state index in [0.717, 1.165) is 54.8 Å². The molecule has 1 atom stereocenters. The van der Waals surface area contributed by atoms with E-state index >= 15 is 0 Å². The second-order valence-electron chi connectivity index (χ2n) is 9.53. The van der Waals surface area contributed by atoms with Crippen LogP contribution in [0.4, 0.5) is 5.13 Å². The van der Waals surface area contributed by atoms with Crippen molar-refractivity contribution in [1.82, 2.24) is 19.7 Å². The fourth-order valence-electron chi connectivity index (χ4n) is 4.71. The molecule has 0 aliphatic heterocycles. The van der Waals surface area contributed by atoms with Gasteiger partial charge in [-0.2, -0.15) is 10.4 Å². The zero-order valence-electron chi connectivity index (χ0n) is 21.6. The molecule has 194 valence electrons. The van der Waals surface area contributed by atoms with E-state index in [1.165, 1.54) is 4.88 Å². The van der Waals surface area contributed by atoms with Crippen molar-refractivity contribution < 1.29 is 9.53 Å². The maximum absolute atomic E-state index is 13.1. The first-order valence-corrected chi connectivity index (χ1v) is 13.4. The molecule has 0 bridgehead atoms. The number of carbonyl (C=O) groups is 1. The lowest BCUT2D eigenvalue weighted by atomic mass is 9.96. The van der Waals surface area contributed by atoms with Gasteiger partial charge in [0.1, 0.15) is 0 Å². The molecular formula is C29H30N6O2S. The lowest BCUT2D eigenvalue weighted by Gasteiger charge is -2.30. The second-order valence-corrected chi connectivity index (χ2v) is 10.6. The number of ether oxygens (including phenoxy) is 1. The molecule has 0 saturated carbocycles. The minimum absolute atomic E-state index is 0.162. The molecule has 0 fully saturated rings. The van der Waals surface area contributed by atoms with Gasteiger partial charge in [0.15, 0.2) is 5.13 Å². The van der Waals surface area contributed by atoms with Crippen LogP contribution in [0.25, 0.3) is 11.1 Å². The van der Waals surface area contributed by atoms with Gasteiger partial charge in [-0.1, -0.05) is 24.3 Å². The number of thiazole rings is 1. The number of fused-ring (bicyclic) bond motifs is 1. The molecule has 1 aliphatic carbocycles. The van der Waals surface area contributed by atoms with E-state index in [1.54, 1.807) is 30.6 Å². The number of hydrogen-bond donors (Lipinski definition) is 1. The van der Waals surface area contributed by atoms with E-state index in [0.29, 0.717) is 28.8 Å². The van der Waals surface area contributed by atoms with Crippen LogP contribution in [0.2, 0.25) is 0 Å². The molecule has 2 heterocycles. The van der Waals surface area contributed by atoms with Crippen molar-refractivity contribution in [3.8, 4) is 17.2 Å². The standard InChI is InChI=1S/C29H30N6O2S/c1-34(12-13-37-2)25-10-11-26-27(15-25)38-29(32-26)33-28(36)23-5-3-4-21(14-23)18-35-19-24(17-31-35)22-8-6-20(16-30)7-9-22/h3-9,14,17,19,25H,10-13,15,18H2,1-2H3,(H,32,33,36)/t25-/m0/s1. The number of benzene rings is 2. The zero-order valence-corrected chi connectivity index (χ0v) is 22.4. The summed E-state index contributed by atoms with van der Waals surface area (Å²) >= 11 is 1.58. The normalized spacial score (nSPS) is 14.7. The first kappa shape index (κ1) is 25.8. The molecule has 1 aliphatic rings. The van der Waals surface area contributed by atoms with Crippen LogP contribution in [0.3, 0.4) is 0 Å². The third kappa shape index (κ3) is 6.00. The average molecular weight is 527 g/mol. The fourth-order valence-corrected chi connectivity index (χ4v) is 5.78. The van der Waals surface area contributed by atoms with Crippen molar-refractivity contribution >= 4 is 22.4 Å². The Morgan fingerprint density at radius 3 is 2.89 bits per heavy atom. The first-order valence-electron chi connectivity index (χ1n) is 12.6. The molecule has 0 spiro atoms. The van der Waals surface area contributed by atoms with Crippen LogP contribution < -0.4 is 5.32 Å². The summed E-state index contributed by atoms with van der Waals surface area (Å²) in [5.41, 5.74) is 5.28. The third-order valence-corrected chi connectivity index (χ3v) is 7.96. The van der Waals surface area contributed by atoms with E-state index in [2.05, 4.69) is 28.4 Å². The SMILES string of the molecule is COCCN(C)[C@H]1CCc2nc(NC(=O)c3cccc(Cn4cc(-c5ccc(C#N)cc5)cn4)c3)sc2C1. The predicted molar refractivity (Wildman–Crippen MR) is 148 cm³/mol. The fraction of sp³-hybridized carbons (Fsp3) is 0.310. The van der Waals surface area contributed by atoms with Crippen LogP contribution in [0, 0.1) is 11.3 Å². The minimum Gasteiger partial charge on any atom is -0.383 e. The molecule has 0 saturated heterocycles. The zero-order chi connectivity index (χ0) is 26.5. The van der Waals surface area contributed by atoms with Gasteiger partial charge in [-0.25, -0.2) is 4.98 Å². The van der Waals surface area contributed by atoms with Gasteiger partial charge in [-0.05, 0) is 61.7 Å². The lowest BCUT2D eigenvalue weighted by Crippen LogP contribution is -2.38. The van der Waals surface area contributed by atoms with Crippen molar-refractivity contribution in [3.63, 3.8) is 0 Å². The van der Waals surface area contributed by atoms with Gasteiger partial charge >= 0.3 is 0 Å². The number of aryl methyl sites for hydroxylation is 1. The molecule has 2 aromatic heterocycles. The van der Waals surface area contributed by atoms with Gasteiger partial charge in [0.2, 0.25) is 0 Å². The quantitative estimate of drug-likeness (QED) is 0.342. The van der Waals surface area contributed by atoms with Crippen molar-refractivity contribution in [2.75, 3.05) is 32.6 Å². The summed E-state index contributed by atoms with van der Waals surface area (Å²) in [4.78, 5) is 21.4. The summed E-state index contributed by atoms with van der Waals surface area (Å²) in [5.74, 6) is -0.162. The van der Waals surface area contributed by atoms with Crippen LogP contribution in [0.15, 0.2) is 60.9 Å². The van der Waals surface area contributed by atoms with Crippen LogP contribution in [-0.2, 0) is 24.1 Å². The van der Waals surface area contributed by atoms with Crippen molar-refractivity contribution in [2.24, 2.45) is 0 Å². The highest BCUT2D eigenvalue weighted by Crippen LogP contribution is 2.31. The number of aromatic nitrogens is 3. The van der Waals surface area contributed by atoms with Gasteiger partial charge in [0, 0.05) is 41.9 Å². The van der Waals surface area contributed by atoms with Crippen molar-refractivity contribution in [2.45, 2.75) is 31.8 Å². The Labute approximate surface area is 226 Å². The predicted octanol–water partition coefficient (Wildman–Crippen LogP) is 4.61. The average Bonchev–Trinajstić information content (AvgIpc) is 3.58. The number of nitrogens with one attached hydrogen (secondary N) is 1. The number of anilines is 1. The highest BCUT2D eigenvalue weighted by Gasteiger charge is 2.25. The van der Waals surface area contributed by atoms with Crippen LogP contribution in [-0.4, -0.2) is 58.9 Å². The lowest BCUT2D eigenvalue weighted by molar-refractivity contribution is 0.102. The summed E-state index contributed by atoms with van der Waals surface area (Å²) in [7, 11) is 3.87. The Hall–Kier alpha value is -3.84. The number of nitriles is 1. The van der Waals surface area contributed by atoms with Crippen molar-refractivity contribution in [3.05, 3.63) is 88.2 Å². The molecule has 1 amide bonds. The van der Waals surface area contributed by atoms with Crippen LogP contribution in [0.1, 0.15) is 38.5 Å².